The van der Waals surface area contributed by atoms with Crippen LogP contribution in [0.25, 0.3) is 11.8 Å². The molecule has 1 aromatic heterocycles. The van der Waals surface area contributed by atoms with E-state index in [0.29, 0.717) is 12.1 Å². The van der Waals surface area contributed by atoms with Crippen LogP contribution in [0.5, 0.6) is 0 Å². The van der Waals surface area contributed by atoms with Gasteiger partial charge in [-0.15, -0.1) is 0 Å². The van der Waals surface area contributed by atoms with E-state index in [-0.39, 0.29) is 17.9 Å². The number of hydrogen-bond donors (Lipinski definition) is 2. The van der Waals surface area contributed by atoms with Crippen molar-refractivity contribution in [3.05, 3.63) is 84.2 Å². The first-order chi connectivity index (χ1) is 14.0. The van der Waals surface area contributed by atoms with E-state index in [9.17, 15) is 9.59 Å². The summed E-state index contributed by atoms with van der Waals surface area (Å²) in [6, 6.07) is 17.1. The second kappa shape index (κ2) is 9.50. The van der Waals surface area contributed by atoms with E-state index in [4.69, 9.17) is 0 Å². The molecule has 29 heavy (non-hydrogen) atoms. The molecule has 2 aromatic carbocycles. The molecule has 3 rings (SSSR count). The van der Waals surface area contributed by atoms with Crippen LogP contribution >= 0.6 is 0 Å². The zero-order valence-corrected chi connectivity index (χ0v) is 16.5. The second-order valence-corrected chi connectivity index (χ2v) is 6.97. The minimum atomic E-state index is -0.234. The largest absolute Gasteiger partial charge is 0.354 e. The van der Waals surface area contributed by atoms with Gasteiger partial charge in [-0.3, -0.25) is 9.59 Å². The molecule has 148 valence electrons. The minimum absolute atomic E-state index is 0.0178. The number of rotatable bonds is 7. The summed E-state index contributed by atoms with van der Waals surface area (Å²) < 4.78 is 1.76. The van der Waals surface area contributed by atoms with Crippen molar-refractivity contribution >= 4 is 23.6 Å². The molecule has 2 N–H and O–H groups in total. The molecule has 0 bridgehead atoms. The van der Waals surface area contributed by atoms with Crippen LogP contribution in [0.2, 0.25) is 0 Å². The second-order valence-electron chi connectivity index (χ2n) is 6.97. The fraction of sp³-hybridized carbons (Fsp3) is 0.174. The van der Waals surface area contributed by atoms with Crippen molar-refractivity contribution < 1.29 is 9.59 Å². The Hall–Kier alpha value is -3.67. The van der Waals surface area contributed by atoms with Crippen molar-refractivity contribution in [3.63, 3.8) is 0 Å². The molecule has 3 aromatic rings. The molecule has 0 spiro atoms. The van der Waals surface area contributed by atoms with Crippen LogP contribution in [0.3, 0.4) is 0 Å². The summed E-state index contributed by atoms with van der Waals surface area (Å²) in [6.45, 7) is 3.85. The van der Waals surface area contributed by atoms with Gasteiger partial charge in [-0.25, -0.2) is 4.68 Å². The molecule has 0 fully saturated rings. The molecule has 0 aliphatic rings. The Morgan fingerprint density at radius 2 is 1.79 bits per heavy atom. The number of aromatic nitrogens is 2. The average molecular weight is 388 g/mol. The number of anilines is 1. The van der Waals surface area contributed by atoms with Crippen LogP contribution in [0, 0.1) is 0 Å². The van der Waals surface area contributed by atoms with Crippen LogP contribution < -0.4 is 10.6 Å². The molecular formula is C23H24N4O2. The molecular weight excluding hydrogens is 364 g/mol. The van der Waals surface area contributed by atoms with Gasteiger partial charge >= 0.3 is 0 Å². The number of carbonyl (C=O) groups is 2. The Morgan fingerprint density at radius 3 is 2.48 bits per heavy atom. The lowest BCUT2D eigenvalue weighted by Gasteiger charge is -2.08. The topological polar surface area (TPSA) is 76.0 Å². The molecule has 0 atom stereocenters. The first kappa shape index (κ1) is 20.1. The molecule has 0 saturated carbocycles. The van der Waals surface area contributed by atoms with Gasteiger partial charge in [-0.05, 0) is 49.8 Å². The fourth-order valence-electron chi connectivity index (χ4n) is 2.76. The number of benzene rings is 2. The highest BCUT2D eigenvalue weighted by Gasteiger charge is 2.05. The molecule has 0 aliphatic carbocycles. The normalized spacial score (nSPS) is 11.0. The van der Waals surface area contributed by atoms with Crippen LogP contribution in [-0.2, 0) is 16.0 Å². The van der Waals surface area contributed by atoms with Gasteiger partial charge in [0.2, 0.25) is 11.8 Å². The fourth-order valence-corrected chi connectivity index (χ4v) is 2.76. The Morgan fingerprint density at radius 1 is 1.07 bits per heavy atom. The van der Waals surface area contributed by atoms with Crippen molar-refractivity contribution in [3.8, 4) is 5.69 Å². The van der Waals surface area contributed by atoms with Gasteiger partial charge in [0.1, 0.15) is 0 Å². The SMILES string of the molecule is CC(C)NC(=O)Cc1ccc(NC(=O)/C=C/c2cnn(-c3ccccc3)c2)cc1. The summed E-state index contributed by atoms with van der Waals surface area (Å²) in [6.07, 6.45) is 7.06. The Labute approximate surface area is 170 Å². The number of amides is 2. The van der Waals surface area contributed by atoms with Crippen molar-refractivity contribution in [2.75, 3.05) is 5.32 Å². The van der Waals surface area contributed by atoms with Crippen LogP contribution in [-0.4, -0.2) is 27.6 Å². The number of hydrogen-bond acceptors (Lipinski definition) is 3. The summed E-state index contributed by atoms with van der Waals surface area (Å²) in [5.74, 6) is -0.251. The van der Waals surface area contributed by atoms with E-state index in [2.05, 4.69) is 15.7 Å². The zero-order chi connectivity index (χ0) is 20.6. The predicted octanol–water partition coefficient (Wildman–Crippen LogP) is 3.59. The zero-order valence-electron chi connectivity index (χ0n) is 16.5. The van der Waals surface area contributed by atoms with Crippen LogP contribution in [0.15, 0.2) is 73.1 Å². The average Bonchev–Trinajstić information content (AvgIpc) is 3.17. The van der Waals surface area contributed by atoms with E-state index in [0.717, 1.165) is 16.8 Å². The van der Waals surface area contributed by atoms with Crippen molar-refractivity contribution in [1.29, 1.82) is 0 Å². The monoisotopic (exact) mass is 388 g/mol. The maximum Gasteiger partial charge on any atom is 0.248 e. The van der Waals surface area contributed by atoms with E-state index in [1.165, 1.54) is 6.08 Å². The van der Waals surface area contributed by atoms with Gasteiger partial charge in [-0.2, -0.15) is 5.10 Å². The highest BCUT2D eigenvalue weighted by atomic mass is 16.2. The van der Waals surface area contributed by atoms with Crippen LogP contribution in [0.1, 0.15) is 25.0 Å². The smallest absolute Gasteiger partial charge is 0.248 e. The third-order valence-electron chi connectivity index (χ3n) is 4.09. The maximum atomic E-state index is 12.2. The quantitative estimate of drug-likeness (QED) is 0.607. The summed E-state index contributed by atoms with van der Waals surface area (Å²) in [5.41, 5.74) is 3.35. The Kier molecular flexibility index (Phi) is 6.58. The van der Waals surface area contributed by atoms with Gasteiger partial charge in [0, 0.05) is 29.6 Å². The Balaban J connectivity index is 1.54. The third-order valence-corrected chi connectivity index (χ3v) is 4.09. The lowest BCUT2D eigenvalue weighted by Crippen LogP contribution is -2.31. The summed E-state index contributed by atoms with van der Waals surface area (Å²) >= 11 is 0. The highest BCUT2D eigenvalue weighted by Crippen LogP contribution is 2.12. The number of nitrogens with one attached hydrogen (secondary N) is 2. The van der Waals surface area contributed by atoms with Crippen molar-refractivity contribution in [1.82, 2.24) is 15.1 Å². The number of para-hydroxylation sites is 1. The van der Waals surface area contributed by atoms with Gasteiger partial charge < -0.3 is 10.6 Å². The number of carbonyl (C=O) groups excluding carboxylic acids is 2. The first-order valence-electron chi connectivity index (χ1n) is 9.47. The predicted molar refractivity (Wildman–Crippen MR) is 115 cm³/mol. The third kappa shape index (κ3) is 6.17. The molecule has 2 amide bonds. The molecule has 6 nitrogen and oxygen atoms in total. The standard InChI is InChI=1S/C23H24N4O2/c1-17(2)25-23(29)14-18-8-11-20(12-9-18)26-22(28)13-10-19-15-24-27(16-19)21-6-4-3-5-7-21/h3-13,15-17H,14H2,1-2H3,(H,25,29)(H,26,28)/b13-10+. The summed E-state index contributed by atoms with van der Waals surface area (Å²) in [5, 5.41) is 9.97. The molecule has 0 unspecified atom stereocenters. The van der Waals surface area contributed by atoms with Gasteiger partial charge in [0.05, 0.1) is 18.3 Å². The van der Waals surface area contributed by atoms with E-state index in [1.54, 1.807) is 29.1 Å². The maximum absolute atomic E-state index is 12.2. The van der Waals surface area contributed by atoms with Crippen LogP contribution in [0.4, 0.5) is 5.69 Å². The summed E-state index contributed by atoms with van der Waals surface area (Å²) in [7, 11) is 0. The lowest BCUT2D eigenvalue weighted by molar-refractivity contribution is -0.121. The van der Waals surface area contributed by atoms with Crippen molar-refractivity contribution in [2.24, 2.45) is 0 Å². The van der Waals surface area contributed by atoms with Gasteiger partial charge in [0.15, 0.2) is 0 Å². The van der Waals surface area contributed by atoms with E-state index >= 15 is 0 Å². The van der Waals surface area contributed by atoms with Gasteiger partial charge in [0.25, 0.3) is 0 Å². The molecule has 6 heteroatoms. The molecule has 1 heterocycles. The first-order valence-corrected chi connectivity index (χ1v) is 9.47. The highest BCUT2D eigenvalue weighted by molar-refractivity contribution is 6.01. The van der Waals surface area contributed by atoms with Gasteiger partial charge in [-0.1, -0.05) is 30.3 Å². The molecule has 0 saturated heterocycles. The van der Waals surface area contributed by atoms with E-state index < -0.39 is 0 Å². The van der Waals surface area contributed by atoms with E-state index in [1.807, 2.05) is 62.5 Å². The molecule has 0 radical (unpaired) electrons. The number of nitrogens with zero attached hydrogens (tertiary/aromatic N) is 2. The minimum Gasteiger partial charge on any atom is -0.354 e. The Bertz CT molecular complexity index is 989. The summed E-state index contributed by atoms with van der Waals surface area (Å²) in [4.78, 5) is 24.0. The lowest BCUT2D eigenvalue weighted by atomic mass is 10.1. The van der Waals surface area contributed by atoms with Crippen molar-refractivity contribution in [2.45, 2.75) is 26.3 Å². The molecule has 0 aliphatic heterocycles.